The second-order valence-corrected chi connectivity index (χ2v) is 5.34. The van der Waals surface area contributed by atoms with Crippen molar-refractivity contribution >= 4 is 5.82 Å². The Kier molecular flexibility index (Phi) is 3.94. The van der Waals surface area contributed by atoms with Gasteiger partial charge in [-0.25, -0.2) is 9.97 Å². The van der Waals surface area contributed by atoms with Crippen molar-refractivity contribution in [3.8, 4) is 0 Å². The Morgan fingerprint density at radius 1 is 1.32 bits per heavy atom. The van der Waals surface area contributed by atoms with Crippen molar-refractivity contribution in [2.24, 2.45) is 0 Å². The van der Waals surface area contributed by atoms with Gasteiger partial charge in [-0.3, -0.25) is 0 Å². The molecule has 0 saturated carbocycles. The molecule has 0 radical (unpaired) electrons. The average molecular weight is 262 g/mol. The van der Waals surface area contributed by atoms with Gasteiger partial charge in [-0.05, 0) is 26.3 Å². The van der Waals surface area contributed by atoms with E-state index in [-0.39, 0.29) is 0 Å². The summed E-state index contributed by atoms with van der Waals surface area (Å²) in [6.07, 6.45) is 2.25. The van der Waals surface area contributed by atoms with Crippen molar-refractivity contribution in [2.75, 3.05) is 44.3 Å². The smallest absolute Gasteiger partial charge is 0.132 e. The second kappa shape index (κ2) is 5.84. The van der Waals surface area contributed by atoms with Crippen LogP contribution >= 0.6 is 0 Å². The maximum Gasteiger partial charge on any atom is 0.132 e. The SMILES string of the molecule is Cc1nc([C@H]2CCNC2)cc(N2CCCOCC2)n1. The van der Waals surface area contributed by atoms with Gasteiger partial charge in [-0.1, -0.05) is 0 Å². The fraction of sp³-hybridized carbons (Fsp3) is 0.714. The zero-order valence-electron chi connectivity index (χ0n) is 11.6. The fourth-order valence-electron chi connectivity index (χ4n) is 2.83. The molecule has 2 saturated heterocycles. The van der Waals surface area contributed by atoms with E-state index < -0.39 is 0 Å². The normalized spacial score (nSPS) is 24.5. The molecule has 0 aliphatic carbocycles. The molecule has 1 aromatic rings. The second-order valence-electron chi connectivity index (χ2n) is 5.34. The molecular weight excluding hydrogens is 240 g/mol. The Morgan fingerprint density at radius 2 is 2.26 bits per heavy atom. The van der Waals surface area contributed by atoms with Gasteiger partial charge in [-0.2, -0.15) is 0 Å². The molecule has 3 rings (SSSR count). The number of hydrogen-bond acceptors (Lipinski definition) is 5. The molecule has 2 fully saturated rings. The predicted molar refractivity (Wildman–Crippen MR) is 74.6 cm³/mol. The molecule has 0 spiro atoms. The van der Waals surface area contributed by atoms with Crippen LogP contribution in [0.25, 0.3) is 0 Å². The van der Waals surface area contributed by atoms with Gasteiger partial charge >= 0.3 is 0 Å². The Morgan fingerprint density at radius 3 is 3.11 bits per heavy atom. The van der Waals surface area contributed by atoms with Crippen molar-refractivity contribution < 1.29 is 4.74 Å². The first kappa shape index (κ1) is 12.8. The zero-order chi connectivity index (χ0) is 13.1. The maximum absolute atomic E-state index is 5.51. The molecule has 0 bridgehead atoms. The third-order valence-electron chi connectivity index (χ3n) is 3.87. The highest BCUT2D eigenvalue weighted by molar-refractivity contribution is 5.41. The minimum atomic E-state index is 0.545. The Labute approximate surface area is 114 Å². The van der Waals surface area contributed by atoms with Gasteiger partial charge in [0, 0.05) is 38.2 Å². The predicted octanol–water partition coefficient (Wildman–Crippen LogP) is 1.09. The van der Waals surface area contributed by atoms with Gasteiger partial charge < -0.3 is 15.0 Å². The largest absolute Gasteiger partial charge is 0.380 e. The van der Waals surface area contributed by atoms with Gasteiger partial charge in [0.25, 0.3) is 0 Å². The van der Waals surface area contributed by atoms with E-state index in [4.69, 9.17) is 4.74 Å². The lowest BCUT2D eigenvalue weighted by Gasteiger charge is -2.22. The van der Waals surface area contributed by atoms with Crippen molar-refractivity contribution in [1.29, 1.82) is 0 Å². The first-order valence-corrected chi connectivity index (χ1v) is 7.22. The van der Waals surface area contributed by atoms with Gasteiger partial charge in [0.1, 0.15) is 11.6 Å². The summed E-state index contributed by atoms with van der Waals surface area (Å²) in [5.74, 6) is 2.49. The number of aromatic nitrogens is 2. The molecule has 0 amide bonds. The van der Waals surface area contributed by atoms with Crippen molar-refractivity contribution in [3.63, 3.8) is 0 Å². The van der Waals surface area contributed by atoms with Crippen molar-refractivity contribution in [3.05, 3.63) is 17.6 Å². The number of nitrogens with zero attached hydrogens (tertiary/aromatic N) is 3. The summed E-state index contributed by atoms with van der Waals surface area (Å²) in [4.78, 5) is 11.6. The monoisotopic (exact) mass is 262 g/mol. The van der Waals surface area contributed by atoms with Crippen LogP contribution in [0, 0.1) is 6.92 Å². The highest BCUT2D eigenvalue weighted by Crippen LogP contribution is 2.24. The first-order valence-electron chi connectivity index (χ1n) is 7.22. The van der Waals surface area contributed by atoms with Gasteiger partial charge in [-0.15, -0.1) is 0 Å². The third kappa shape index (κ3) is 3.04. The van der Waals surface area contributed by atoms with Gasteiger partial charge in [0.2, 0.25) is 0 Å². The van der Waals surface area contributed by atoms with E-state index in [9.17, 15) is 0 Å². The number of ether oxygens (including phenoxy) is 1. The molecule has 0 unspecified atom stereocenters. The minimum absolute atomic E-state index is 0.545. The lowest BCUT2D eigenvalue weighted by Crippen LogP contribution is -2.27. The minimum Gasteiger partial charge on any atom is -0.380 e. The summed E-state index contributed by atoms with van der Waals surface area (Å²) >= 11 is 0. The highest BCUT2D eigenvalue weighted by atomic mass is 16.5. The summed E-state index contributed by atoms with van der Waals surface area (Å²) in [5, 5.41) is 3.41. The third-order valence-corrected chi connectivity index (χ3v) is 3.87. The quantitative estimate of drug-likeness (QED) is 0.864. The van der Waals surface area contributed by atoms with Crippen LogP contribution in [0.15, 0.2) is 6.07 Å². The van der Waals surface area contributed by atoms with Crippen LogP contribution in [0.4, 0.5) is 5.82 Å². The van der Waals surface area contributed by atoms with Crippen LogP contribution in [-0.4, -0.2) is 49.4 Å². The lowest BCUT2D eigenvalue weighted by molar-refractivity contribution is 0.152. The fourth-order valence-corrected chi connectivity index (χ4v) is 2.83. The standard InChI is InChI=1S/C14H22N4O/c1-11-16-13(12-3-4-15-10-12)9-14(17-11)18-5-2-7-19-8-6-18/h9,12,15H,2-8,10H2,1H3/t12-/m0/s1. The molecule has 5 heteroatoms. The summed E-state index contributed by atoms with van der Waals surface area (Å²) in [6.45, 7) is 7.74. The summed E-state index contributed by atoms with van der Waals surface area (Å²) in [7, 11) is 0. The molecule has 1 aromatic heterocycles. The molecule has 19 heavy (non-hydrogen) atoms. The Bertz CT molecular complexity index is 423. The topological polar surface area (TPSA) is 50.3 Å². The number of nitrogens with one attached hydrogen (secondary N) is 1. The lowest BCUT2D eigenvalue weighted by atomic mass is 10.0. The van der Waals surface area contributed by atoms with E-state index in [1.807, 2.05) is 6.92 Å². The number of anilines is 1. The molecule has 2 aliphatic rings. The summed E-state index contributed by atoms with van der Waals surface area (Å²) in [6, 6.07) is 2.18. The molecule has 1 N–H and O–H groups in total. The molecule has 0 aromatic carbocycles. The summed E-state index contributed by atoms with van der Waals surface area (Å²) < 4.78 is 5.51. The van der Waals surface area contributed by atoms with Gasteiger partial charge in [0.05, 0.1) is 12.3 Å². The Hall–Kier alpha value is -1.20. The van der Waals surface area contributed by atoms with Crippen LogP contribution in [0.1, 0.15) is 30.3 Å². The van der Waals surface area contributed by atoms with Crippen LogP contribution in [0.2, 0.25) is 0 Å². The van der Waals surface area contributed by atoms with Crippen LogP contribution in [0.3, 0.4) is 0 Å². The Balaban J connectivity index is 1.83. The van der Waals surface area contributed by atoms with E-state index in [0.717, 1.165) is 57.5 Å². The zero-order valence-corrected chi connectivity index (χ0v) is 11.6. The maximum atomic E-state index is 5.51. The summed E-state index contributed by atoms with van der Waals surface area (Å²) in [5.41, 5.74) is 1.19. The van der Waals surface area contributed by atoms with Crippen LogP contribution in [0.5, 0.6) is 0 Å². The number of rotatable bonds is 2. The molecule has 104 valence electrons. The first-order chi connectivity index (χ1) is 9.33. The molecule has 5 nitrogen and oxygen atoms in total. The van der Waals surface area contributed by atoms with Crippen LogP contribution < -0.4 is 10.2 Å². The van der Waals surface area contributed by atoms with Crippen LogP contribution in [-0.2, 0) is 4.74 Å². The van der Waals surface area contributed by atoms with E-state index in [2.05, 4.69) is 26.3 Å². The van der Waals surface area contributed by atoms with E-state index in [1.165, 1.54) is 12.1 Å². The van der Waals surface area contributed by atoms with E-state index >= 15 is 0 Å². The van der Waals surface area contributed by atoms with Crippen molar-refractivity contribution in [2.45, 2.75) is 25.7 Å². The average Bonchev–Trinajstić information content (AvgIpc) is 2.81. The number of hydrogen-bond donors (Lipinski definition) is 1. The molecule has 1 atom stereocenters. The van der Waals surface area contributed by atoms with Crippen molar-refractivity contribution in [1.82, 2.24) is 15.3 Å². The molecule has 3 heterocycles. The molecular formula is C14H22N4O. The van der Waals surface area contributed by atoms with E-state index in [1.54, 1.807) is 0 Å². The highest BCUT2D eigenvalue weighted by Gasteiger charge is 2.20. The molecule has 2 aliphatic heterocycles. The van der Waals surface area contributed by atoms with E-state index in [0.29, 0.717) is 5.92 Å². The van der Waals surface area contributed by atoms with Gasteiger partial charge in [0.15, 0.2) is 0 Å². The number of aryl methyl sites for hydroxylation is 1.